The Morgan fingerprint density at radius 2 is 1.13 bits per heavy atom. The zero-order valence-electron chi connectivity index (χ0n) is 37.2. The number of benzene rings is 4. The molecule has 2 heterocycles. The van der Waals surface area contributed by atoms with Crippen LogP contribution in [0.3, 0.4) is 0 Å². The summed E-state index contributed by atoms with van der Waals surface area (Å²) in [6.45, 7) is 17.3. The summed E-state index contributed by atoms with van der Waals surface area (Å²) in [5.74, 6) is -0.481. The average Bonchev–Trinajstić information content (AvgIpc) is 3.33. The molecule has 4 aromatic carbocycles. The number of ether oxygens (including phenoxy) is 3. The summed E-state index contributed by atoms with van der Waals surface area (Å²) in [5.41, 5.74) is 5.18. The standard InChI is InChI=1S/C21H26N2O2.C16H20N2.C7H14N2O2.C5H8Br2O2/c1-2-25-21(24)20-17-22(15-18-9-5-3-6-10-18)13-14-23(20)16-19-11-7-4-8-12-19;1-3-7-15(8-4-1)13-17-11-12-18-14-16-9-5-2-6-10-16;1-2-11-7(10)6-5-8-3-4-9-6;1-2-9-5(8)4(7)3-6/h3-12,20H,2,13-17H2,1H3;1-10,17-18H,11-14H2;6,8-9H,2-5H2,1H3;4H,2-3H2,1H3. The van der Waals surface area contributed by atoms with Gasteiger partial charge in [0.1, 0.15) is 16.9 Å². The van der Waals surface area contributed by atoms with E-state index in [1.54, 1.807) is 6.92 Å². The van der Waals surface area contributed by atoms with Crippen LogP contribution in [0.15, 0.2) is 121 Å². The second-order valence-electron chi connectivity index (χ2n) is 14.6. The summed E-state index contributed by atoms with van der Waals surface area (Å²) in [6, 6.07) is 41.3. The number of piperazine rings is 2. The van der Waals surface area contributed by atoms with E-state index in [-0.39, 0.29) is 34.8 Å². The molecule has 6 rings (SSSR count). The molecule has 4 N–H and O–H groups in total. The third-order valence-corrected chi connectivity index (χ3v) is 11.9. The van der Waals surface area contributed by atoms with Crippen LogP contribution < -0.4 is 21.3 Å². The van der Waals surface area contributed by atoms with E-state index in [2.05, 4.69) is 153 Å². The first-order valence-electron chi connectivity index (χ1n) is 21.9. The lowest BCUT2D eigenvalue weighted by molar-refractivity contribution is -0.152. The van der Waals surface area contributed by atoms with Gasteiger partial charge in [0, 0.05) is 83.9 Å². The van der Waals surface area contributed by atoms with Crippen LogP contribution in [0, 0.1) is 0 Å². The molecule has 3 unspecified atom stereocenters. The molecule has 2 aliphatic rings. The molecule has 2 saturated heterocycles. The first-order chi connectivity index (χ1) is 30.8. The number of esters is 3. The van der Waals surface area contributed by atoms with Crippen molar-refractivity contribution < 1.29 is 28.6 Å². The molecule has 0 spiro atoms. The van der Waals surface area contributed by atoms with Gasteiger partial charge in [-0.25, -0.2) is 0 Å². The summed E-state index contributed by atoms with van der Waals surface area (Å²) >= 11 is 6.26. The number of alkyl halides is 2. The maximum Gasteiger partial charge on any atom is 0.324 e. The fourth-order valence-corrected chi connectivity index (χ4v) is 6.92. The molecule has 4 aromatic rings. The van der Waals surface area contributed by atoms with Crippen LogP contribution in [0.4, 0.5) is 0 Å². The van der Waals surface area contributed by atoms with Crippen molar-refractivity contribution in [2.75, 3.05) is 77.5 Å². The second kappa shape index (κ2) is 33.5. The number of rotatable bonds is 18. The number of carbonyl (C=O) groups is 3. The fourth-order valence-electron chi connectivity index (χ4n) is 6.52. The largest absolute Gasteiger partial charge is 0.465 e. The highest BCUT2D eigenvalue weighted by Gasteiger charge is 2.33. The monoisotopic (exact) mass is 994 g/mol. The van der Waals surface area contributed by atoms with Crippen LogP contribution in [0.2, 0.25) is 0 Å². The first kappa shape index (κ1) is 53.3. The lowest BCUT2D eigenvalue weighted by atomic mass is 10.1. The van der Waals surface area contributed by atoms with E-state index >= 15 is 0 Å². The number of hydrogen-bond donors (Lipinski definition) is 4. The normalized spacial score (nSPS) is 16.6. The minimum absolute atomic E-state index is 0.115. The van der Waals surface area contributed by atoms with E-state index in [1.807, 2.05) is 50.2 Å². The molecule has 2 aliphatic heterocycles. The lowest BCUT2D eigenvalue weighted by Gasteiger charge is -2.40. The van der Waals surface area contributed by atoms with E-state index in [0.717, 1.165) is 65.4 Å². The van der Waals surface area contributed by atoms with Crippen molar-refractivity contribution in [2.45, 2.75) is 63.9 Å². The van der Waals surface area contributed by atoms with Crippen molar-refractivity contribution in [1.82, 2.24) is 31.1 Å². The lowest BCUT2D eigenvalue weighted by Crippen LogP contribution is -2.56. The van der Waals surface area contributed by atoms with Gasteiger partial charge in [-0.3, -0.25) is 24.2 Å². The molecule has 0 bridgehead atoms. The molecule has 14 heteroatoms. The Hall–Kier alpha value is -3.99. The molecule has 2 fully saturated rings. The van der Waals surface area contributed by atoms with Crippen LogP contribution in [0.5, 0.6) is 0 Å². The molecule has 0 aliphatic carbocycles. The van der Waals surface area contributed by atoms with Gasteiger partial charge in [0.2, 0.25) is 0 Å². The molecule has 63 heavy (non-hydrogen) atoms. The minimum Gasteiger partial charge on any atom is -0.465 e. The minimum atomic E-state index is -0.214. The van der Waals surface area contributed by atoms with Crippen molar-refractivity contribution in [3.05, 3.63) is 144 Å². The van der Waals surface area contributed by atoms with Gasteiger partial charge in [0.05, 0.1) is 19.8 Å². The molecule has 3 atom stereocenters. The van der Waals surface area contributed by atoms with Crippen LogP contribution in [-0.2, 0) is 54.8 Å². The highest BCUT2D eigenvalue weighted by molar-refractivity contribution is 9.12. The Morgan fingerprint density at radius 3 is 1.59 bits per heavy atom. The maximum absolute atomic E-state index is 12.5. The number of halogens is 2. The quantitative estimate of drug-likeness (QED) is 0.0385. The van der Waals surface area contributed by atoms with Crippen LogP contribution in [-0.4, -0.2) is 122 Å². The average molecular weight is 997 g/mol. The zero-order valence-corrected chi connectivity index (χ0v) is 40.4. The summed E-state index contributed by atoms with van der Waals surface area (Å²) in [7, 11) is 0. The Bertz CT molecular complexity index is 1740. The fraction of sp³-hybridized carbons (Fsp3) is 0.449. The Morgan fingerprint density at radius 1 is 0.651 bits per heavy atom. The van der Waals surface area contributed by atoms with Crippen molar-refractivity contribution in [3.8, 4) is 0 Å². The van der Waals surface area contributed by atoms with Gasteiger partial charge in [0.25, 0.3) is 0 Å². The number of nitrogens with zero attached hydrogens (tertiary/aromatic N) is 2. The highest BCUT2D eigenvalue weighted by atomic mass is 79.9. The summed E-state index contributed by atoms with van der Waals surface area (Å²) in [4.78, 5) is 38.6. The predicted octanol–water partition coefficient (Wildman–Crippen LogP) is 6.32. The Balaban J connectivity index is 0.000000243. The summed E-state index contributed by atoms with van der Waals surface area (Å²) in [6.07, 6.45) is 0. The van der Waals surface area contributed by atoms with E-state index in [0.29, 0.717) is 38.2 Å². The SMILES string of the molecule is CCOC(=O)C(Br)CBr.CCOC(=O)C1CN(Cc2ccccc2)CCN1Cc1ccccc1.CCOC(=O)C1CNCCN1.c1ccc(CNCCNCc2ccccc2)cc1. The van der Waals surface area contributed by atoms with Gasteiger partial charge in [0.15, 0.2) is 0 Å². The van der Waals surface area contributed by atoms with Crippen LogP contribution >= 0.6 is 31.9 Å². The molecule has 0 saturated carbocycles. The van der Waals surface area contributed by atoms with Gasteiger partial charge in [-0.05, 0) is 43.0 Å². The molecule has 0 radical (unpaired) electrons. The van der Waals surface area contributed by atoms with Crippen molar-refractivity contribution in [3.63, 3.8) is 0 Å². The molecule has 344 valence electrons. The number of hydrogen-bond acceptors (Lipinski definition) is 12. The molecule has 0 amide bonds. The first-order valence-corrected chi connectivity index (χ1v) is 24.0. The third kappa shape index (κ3) is 23.0. The van der Waals surface area contributed by atoms with Crippen LogP contribution in [0.1, 0.15) is 43.0 Å². The summed E-state index contributed by atoms with van der Waals surface area (Å²) < 4.78 is 14.9. The van der Waals surface area contributed by atoms with Gasteiger partial charge in [-0.1, -0.05) is 153 Å². The molecular weight excluding hydrogens is 928 g/mol. The Labute approximate surface area is 392 Å². The maximum atomic E-state index is 12.5. The predicted molar refractivity (Wildman–Crippen MR) is 260 cm³/mol. The number of carbonyl (C=O) groups excluding carboxylic acids is 3. The van der Waals surface area contributed by atoms with E-state index in [9.17, 15) is 14.4 Å². The van der Waals surface area contributed by atoms with Crippen molar-refractivity contribution in [1.29, 1.82) is 0 Å². The van der Waals surface area contributed by atoms with Gasteiger partial charge in [-0.15, -0.1) is 0 Å². The van der Waals surface area contributed by atoms with E-state index in [1.165, 1.54) is 22.3 Å². The molecule has 0 aromatic heterocycles. The second-order valence-corrected chi connectivity index (χ2v) is 16.4. The summed E-state index contributed by atoms with van der Waals surface area (Å²) in [5, 5.41) is 13.6. The topological polar surface area (TPSA) is 134 Å². The van der Waals surface area contributed by atoms with Crippen molar-refractivity contribution in [2.24, 2.45) is 0 Å². The number of nitrogens with one attached hydrogen (secondary N) is 4. The molecular formula is C49H68Br2N6O6. The van der Waals surface area contributed by atoms with Gasteiger partial charge in [-0.2, -0.15) is 0 Å². The Kier molecular flexibility index (Phi) is 28.4. The molecule has 12 nitrogen and oxygen atoms in total. The van der Waals surface area contributed by atoms with Crippen molar-refractivity contribution >= 4 is 49.8 Å². The van der Waals surface area contributed by atoms with Gasteiger partial charge < -0.3 is 35.5 Å². The van der Waals surface area contributed by atoms with E-state index in [4.69, 9.17) is 9.47 Å². The zero-order chi connectivity index (χ0) is 45.3. The third-order valence-electron chi connectivity index (χ3n) is 9.72. The highest BCUT2D eigenvalue weighted by Crippen LogP contribution is 2.18. The smallest absolute Gasteiger partial charge is 0.324 e. The van der Waals surface area contributed by atoms with E-state index < -0.39 is 0 Å². The van der Waals surface area contributed by atoms with Crippen LogP contribution in [0.25, 0.3) is 0 Å². The van der Waals surface area contributed by atoms with Gasteiger partial charge >= 0.3 is 17.9 Å².